The van der Waals surface area contributed by atoms with Crippen molar-refractivity contribution in [1.29, 1.82) is 0 Å². The van der Waals surface area contributed by atoms with Crippen LogP contribution in [0.1, 0.15) is 51.5 Å². The van der Waals surface area contributed by atoms with Crippen LogP contribution in [-0.4, -0.2) is 27.5 Å². The number of hydrogen-bond acceptors (Lipinski definition) is 3. The summed E-state index contributed by atoms with van der Waals surface area (Å²) in [6, 6.07) is 0.142. The molecule has 5 heteroatoms. The Kier molecular flexibility index (Phi) is 4.96. The SMILES string of the molecule is CCCC[C@H](N)C(=O)NC1CCCC1n1ccnc1. The van der Waals surface area contributed by atoms with Gasteiger partial charge in [-0.2, -0.15) is 0 Å². The molecule has 0 saturated heterocycles. The average Bonchev–Trinajstić information content (AvgIpc) is 3.05. The molecule has 1 saturated carbocycles. The molecule has 0 aromatic carbocycles. The van der Waals surface area contributed by atoms with Gasteiger partial charge in [-0.15, -0.1) is 0 Å². The number of hydrogen-bond donors (Lipinski definition) is 2. The van der Waals surface area contributed by atoms with Crippen LogP contribution in [0.25, 0.3) is 0 Å². The molecule has 1 amide bonds. The van der Waals surface area contributed by atoms with Crippen LogP contribution >= 0.6 is 0 Å². The molecule has 0 spiro atoms. The molecule has 1 aromatic heterocycles. The first-order valence-electron chi connectivity index (χ1n) is 7.25. The molecule has 1 aliphatic rings. The van der Waals surface area contributed by atoms with E-state index in [0.717, 1.165) is 38.5 Å². The van der Waals surface area contributed by atoms with Crippen LogP contribution < -0.4 is 11.1 Å². The van der Waals surface area contributed by atoms with Crippen LogP contribution in [0.4, 0.5) is 0 Å². The van der Waals surface area contributed by atoms with E-state index in [-0.39, 0.29) is 18.0 Å². The zero-order chi connectivity index (χ0) is 13.7. The Morgan fingerprint density at radius 1 is 1.58 bits per heavy atom. The number of carbonyl (C=O) groups excluding carboxylic acids is 1. The average molecular weight is 264 g/mol. The molecule has 0 bridgehead atoms. The summed E-state index contributed by atoms with van der Waals surface area (Å²) in [4.78, 5) is 16.1. The van der Waals surface area contributed by atoms with Crippen LogP contribution in [0.15, 0.2) is 18.7 Å². The molecule has 1 aromatic rings. The van der Waals surface area contributed by atoms with Crippen molar-refractivity contribution < 1.29 is 4.79 Å². The second-order valence-corrected chi connectivity index (χ2v) is 5.37. The van der Waals surface area contributed by atoms with Gasteiger partial charge in [-0.1, -0.05) is 19.8 Å². The number of rotatable bonds is 6. The van der Waals surface area contributed by atoms with Crippen LogP contribution in [-0.2, 0) is 4.79 Å². The summed E-state index contributed by atoms with van der Waals surface area (Å²) >= 11 is 0. The number of nitrogens with one attached hydrogen (secondary N) is 1. The highest BCUT2D eigenvalue weighted by atomic mass is 16.2. The third-order valence-corrected chi connectivity index (χ3v) is 3.92. The third kappa shape index (κ3) is 3.56. The Labute approximate surface area is 114 Å². The van der Waals surface area contributed by atoms with E-state index >= 15 is 0 Å². The van der Waals surface area contributed by atoms with E-state index in [1.54, 1.807) is 6.20 Å². The van der Waals surface area contributed by atoms with Gasteiger partial charge >= 0.3 is 0 Å². The molecule has 0 radical (unpaired) electrons. The zero-order valence-electron chi connectivity index (χ0n) is 11.6. The first kappa shape index (κ1) is 14.1. The second-order valence-electron chi connectivity index (χ2n) is 5.37. The largest absolute Gasteiger partial charge is 0.350 e. The summed E-state index contributed by atoms with van der Waals surface area (Å²) in [5.74, 6) is -0.00883. The van der Waals surface area contributed by atoms with Crippen molar-refractivity contribution >= 4 is 5.91 Å². The fraction of sp³-hybridized carbons (Fsp3) is 0.714. The lowest BCUT2D eigenvalue weighted by Gasteiger charge is -2.23. The van der Waals surface area contributed by atoms with Crippen molar-refractivity contribution in [3.8, 4) is 0 Å². The van der Waals surface area contributed by atoms with Gasteiger partial charge in [0.1, 0.15) is 0 Å². The molecule has 2 unspecified atom stereocenters. The normalized spacial score (nSPS) is 24.3. The molecule has 3 N–H and O–H groups in total. The molecule has 0 aliphatic heterocycles. The van der Waals surface area contributed by atoms with Gasteiger partial charge < -0.3 is 15.6 Å². The lowest BCUT2D eigenvalue weighted by molar-refractivity contribution is -0.123. The minimum atomic E-state index is -0.371. The lowest BCUT2D eigenvalue weighted by Crippen LogP contribution is -2.46. The van der Waals surface area contributed by atoms with Crippen molar-refractivity contribution in [3.05, 3.63) is 18.7 Å². The molecule has 1 heterocycles. The minimum Gasteiger partial charge on any atom is -0.350 e. The van der Waals surface area contributed by atoms with Crippen molar-refractivity contribution in [2.45, 2.75) is 63.6 Å². The van der Waals surface area contributed by atoms with E-state index < -0.39 is 0 Å². The Balaban J connectivity index is 1.89. The number of aromatic nitrogens is 2. The van der Waals surface area contributed by atoms with E-state index in [2.05, 4.69) is 21.8 Å². The number of nitrogens with two attached hydrogens (primary N) is 1. The van der Waals surface area contributed by atoms with Gasteiger partial charge in [0.05, 0.1) is 18.4 Å². The van der Waals surface area contributed by atoms with Crippen LogP contribution in [0.3, 0.4) is 0 Å². The van der Waals surface area contributed by atoms with Gasteiger partial charge in [0, 0.05) is 18.4 Å². The van der Waals surface area contributed by atoms with Gasteiger partial charge in [-0.3, -0.25) is 4.79 Å². The van der Waals surface area contributed by atoms with E-state index in [1.165, 1.54) is 0 Å². The Hall–Kier alpha value is -1.36. The van der Waals surface area contributed by atoms with Crippen LogP contribution in [0, 0.1) is 0 Å². The molecule has 2 rings (SSSR count). The first-order valence-corrected chi connectivity index (χ1v) is 7.25. The maximum atomic E-state index is 12.1. The number of carbonyl (C=O) groups is 1. The summed E-state index contributed by atoms with van der Waals surface area (Å²) in [5.41, 5.74) is 5.91. The summed E-state index contributed by atoms with van der Waals surface area (Å²) in [6.07, 6.45) is 11.7. The number of unbranched alkanes of at least 4 members (excludes halogenated alkanes) is 1. The van der Waals surface area contributed by atoms with Gasteiger partial charge in [-0.25, -0.2) is 4.98 Å². The molecule has 1 aliphatic carbocycles. The standard InChI is InChI=1S/C14H24N4O/c1-2-3-5-11(15)14(19)17-12-6-4-7-13(12)18-9-8-16-10-18/h8-13H,2-7,15H2,1H3,(H,17,19)/t11-,12?,13?/m0/s1. The van der Waals surface area contributed by atoms with E-state index in [1.807, 2.05) is 12.5 Å². The Morgan fingerprint density at radius 2 is 2.42 bits per heavy atom. The first-order chi connectivity index (χ1) is 9.22. The molecule has 19 heavy (non-hydrogen) atoms. The fourth-order valence-corrected chi connectivity index (χ4v) is 2.78. The summed E-state index contributed by atoms with van der Waals surface area (Å²) in [6.45, 7) is 2.11. The number of imidazole rings is 1. The Bertz CT molecular complexity index is 390. The zero-order valence-corrected chi connectivity index (χ0v) is 11.6. The Morgan fingerprint density at radius 3 is 3.11 bits per heavy atom. The number of amides is 1. The minimum absolute atomic E-state index is 0.00883. The summed E-state index contributed by atoms with van der Waals surface area (Å²) < 4.78 is 2.09. The molecule has 106 valence electrons. The summed E-state index contributed by atoms with van der Waals surface area (Å²) in [7, 11) is 0. The fourth-order valence-electron chi connectivity index (χ4n) is 2.78. The molecular weight excluding hydrogens is 240 g/mol. The number of nitrogens with zero attached hydrogens (tertiary/aromatic N) is 2. The third-order valence-electron chi connectivity index (χ3n) is 3.92. The lowest BCUT2D eigenvalue weighted by atomic mass is 10.1. The maximum absolute atomic E-state index is 12.1. The quantitative estimate of drug-likeness (QED) is 0.820. The highest BCUT2D eigenvalue weighted by Crippen LogP contribution is 2.29. The highest BCUT2D eigenvalue weighted by Gasteiger charge is 2.30. The van der Waals surface area contributed by atoms with E-state index in [4.69, 9.17) is 5.73 Å². The van der Waals surface area contributed by atoms with Crippen LogP contribution in [0.2, 0.25) is 0 Å². The maximum Gasteiger partial charge on any atom is 0.237 e. The van der Waals surface area contributed by atoms with Crippen molar-refractivity contribution in [2.75, 3.05) is 0 Å². The highest BCUT2D eigenvalue weighted by molar-refractivity contribution is 5.81. The van der Waals surface area contributed by atoms with Crippen LogP contribution in [0.5, 0.6) is 0 Å². The summed E-state index contributed by atoms with van der Waals surface area (Å²) in [5, 5.41) is 3.11. The van der Waals surface area contributed by atoms with Gasteiger partial charge in [-0.05, 0) is 25.7 Å². The second kappa shape index (κ2) is 6.70. The van der Waals surface area contributed by atoms with Gasteiger partial charge in [0.2, 0.25) is 5.91 Å². The topological polar surface area (TPSA) is 72.9 Å². The molecule has 5 nitrogen and oxygen atoms in total. The van der Waals surface area contributed by atoms with Crippen molar-refractivity contribution in [2.24, 2.45) is 5.73 Å². The van der Waals surface area contributed by atoms with E-state index in [9.17, 15) is 4.79 Å². The van der Waals surface area contributed by atoms with Gasteiger partial charge in [0.15, 0.2) is 0 Å². The molecule has 1 fully saturated rings. The predicted octanol–water partition coefficient (Wildman–Crippen LogP) is 1.61. The smallest absolute Gasteiger partial charge is 0.237 e. The van der Waals surface area contributed by atoms with E-state index in [0.29, 0.717) is 6.04 Å². The molecule has 3 atom stereocenters. The predicted molar refractivity (Wildman–Crippen MR) is 74.5 cm³/mol. The van der Waals surface area contributed by atoms with Gasteiger partial charge in [0.25, 0.3) is 0 Å². The monoisotopic (exact) mass is 264 g/mol. The van der Waals surface area contributed by atoms with Crippen molar-refractivity contribution in [3.63, 3.8) is 0 Å². The molecular formula is C14H24N4O. The van der Waals surface area contributed by atoms with Crippen molar-refractivity contribution in [1.82, 2.24) is 14.9 Å².